The van der Waals surface area contributed by atoms with Gasteiger partial charge < -0.3 is 10.2 Å². The van der Waals surface area contributed by atoms with Gasteiger partial charge in [0.1, 0.15) is 0 Å². The summed E-state index contributed by atoms with van der Waals surface area (Å²) in [7, 11) is 0. The molecule has 1 N–H and O–H groups in total. The Labute approximate surface area is 192 Å². The lowest BCUT2D eigenvalue weighted by molar-refractivity contribution is 0.0988. The zero-order valence-electron chi connectivity index (χ0n) is 18.1. The van der Waals surface area contributed by atoms with Crippen molar-refractivity contribution in [1.29, 1.82) is 0 Å². The Hall–Kier alpha value is -3.99. The highest BCUT2D eigenvalue weighted by molar-refractivity contribution is 6.13. The van der Waals surface area contributed by atoms with Gasteiger partial charge in [-0.15, -0.1) is 0 Å². The largest absolute Gasteiger partial charge is 0.322 e. The molecule has 1 aromatic heterocycles. The third kappa shape index (κ3) is 3.65. The van der Waals surface area contributed by atoms with Gasteiger partial charge in [-0.3, -0.25) is 14.6 Å². The number of pyridine rings is 1. The van der Waals surface area contributed by atoms with Gasteiger partial charge in [-0.25, -0.2) is 0 Å². The van der Waals surface area contributed by atoms with Crippen LogP contribution in [0, 0.1) is 0 Å². The molecule has 2 aliphatic rings. The van der Waals surface area contributed by atoms with Crippen molar-refractivity contribution in [3.8, 4) is 0 Å². The zero-order valence-corrected chi connectivity index (χ0v) is 18.1. The highest BCUT2D eigenvalue weighted by atomic mass is 16.2. The number of rotatable bonds is 4. The van der Waals surface area contributed by atoms with Gasteiger partial charge >= 0.3 is 0 Å². The second-order valence-electron chi connectivity index (χ2n) is 8.75. The smallest absolute Gasteiger partial charge is 0.258 e. The molecule has 1 aliphatic carbocycles. The first kappa shape index (κ1) is 19.7. The summed E-state index contributed by atoms with van der Waals surface area (Å²) in [6.07, 6.45) is 3.13. The highest BCUT2D eigenvalue weighted by Gasteiger charge is 2.27. The first-order valence-electron chi connectivity index (χ1n) is 11.4. The molecule has 0 unspecified atom stereocenters. The molecule has 1 fully saturated rings. The number of para-hydroxylation sites is 2. The van der Waals surface area contributed by atoms with Crippen molar-refractivity contribution in [2.24, 2.45) is 0 Å². The number of carbonyl (C=O) groups excluding carboxylic acids is 2. The molecule has 5 nitrogen and oxygen atoms in total. The number of anilines is 2. The minimum Gasteiger partial charge on any atom is -0.322 e. The van der Waals surface area contributed by atoms with E-state index in [1.165, 1.54) is 5.56 Å². The molecule has 0 radical (unpaired) electrons. The molecule has 0 saturated heterocycles. The first-order chi connectivity index (χ1) is 16.2. The number of benzene rings is 3. The summed E-state index contributed by atoms with van der Waals surface area (Å²) >= 11 is 0. The summed E-state index contributed by atoms with van der Waals surface area (Å²) in [5, 5.41) is 3.84. The fourth-order valence-electron chi connectivity index (χ4n) is 4.57. The second-order valence-corrected chi connectivity index (χ2v) is 8.75. The van der Waals surface area contributed by atoms with Gasteiger partial charge in [0.05, 0.1) is 11.1 Å². The van der Waals surface area contributed by atoms with E-state index in [0.717, 1.165) is 41.5 Å². The number of nitrogens with one attached hydrogen (secondary N) is 1. The van der Waals surface area contributed by atoms with Gasteiger partial charge in [0.2, 0.25) is 0 Å². The molecular formula is C28H23N3O2. The lowest BCUT2D eigenvalue weighted by Crippen LogP contribution is -2.28. The molecule has 33 heavy (non-hydrogen) atoms. The predicted molar refractivity (Wildman–Crippen MR) is 130 cm³/mol. The number of hydrogen-bond acceptors (Lipinski definition) is 3. The van der Waals surface area contributed by atoms with Crippen molar-refractivity contribution in [2.75, 3.05) is 16.8 Å². The van der Waals surface area contributed by atoms with Crippen LogP contribution in [0.5, 0.6) is 0 Å². The van der Waals surface area contributed by atoms with E-state index in [-0.39, 0.29) is 11.8 Å². The van der Waals surface area contributed by atoms with Crippen LogP contribution < -0.4 is 10.2 Å². The van der Waals surface area contributed by atoms with Gasteiger partial charge in [0.25, 0.3) is 11.8 Å². The van der Waals surface area contributed by atoms with Gasteiger partial charge in [0, 0.05) is 40.5 Å². The maximum absolute atomic E-state index is 13.2. The van der Waals surface area contributed by atoms with Gasteiger partial charge in [-0.1, -0.05) is 36.4 Å². The van der Waals surface area contributed by atoms with Crippen LogP contribution in [0.1, 0.15) is 50.7 Å². The third-order valence-electron chi connectivity index (χ3n) is 6.50. The molecule has 162 valence electrons. The number of fused-ring (bicyclic) bond motifs is 2. The number of amides is 2. The summed E-state index contributed by atoms with van der Waals surface area (Å²) in [5.41, 5.74) is 5.92. The Balaban J connectivity index is 1.23. The van der Waals surface area contributed by atoms with Crippen LogP contribution >= 0.6 is 0 Å². The lowest BCUT2D eigenvalue weighted by atomic mass is 10.0. The van der Waals surface area contributed by atoms with Crippen LogP contribution in [0.4, 0.5) is 11.4 Å². The number of aromatic nitrogens is 1. The molecule has 1 aliphatic heterocycles. The van der Waals surface area contributed by atoms with Crippen LogP contribution in [-0.4, -0.2) is 23.3 Å². The van der Waals surface area contributed by atoms with E-state index in [4.69, 9.17) is 4.98 Å². The summed E-state index contributed by atoms with van der Waals surface area (Å²) < 4.78 is 0. The molecule has 2 heterocycles. The average molecular weight is 434 g/mol. The molecule has 3 aromatic carbocycles. The van der Waals surface area contributed by atoms with E-state index < -0.39 is 0 Å². The third-order valence-corrected chi connectivity index (χ3v) is 6.50. The van der Waals surface area contributed by atoms with Crippen LogP contribution in [0.3, 0.4) is 0 Å². The van der Waals surface area contributed by atoms with E-state index in [0.29, 0.717) is 29.3 Å². The van der Waals surface area contributed by atoms with E-state index in [9.17, 15) is 9.59 Å². The fraction of sp³-hybridized carbons (Fsp3) is 0.179. The Kier molecular flexibility index (Phi) is 4.68. The SMILES string of the molecule is O=C(Nc1ccc(C(=O)N2CCc3ccccc32)cc1)c1cc(C2CC2)nc2ccccc12. The predicted octanol–water partition coefficient (Wildman–Crippen LogP) is 5.57. The van der Waals surface area contributed by atoms with Crippen LogP contribution in [0.2, 0.25) is 0 Å². The molecule has 0 bridgehead atoms. The van der Waals surface area contributed by atoms with Crippen molar-refractivity contribution in [3.05, 3.63) is 101 Å². The summed E-state index contributed by atoms with van der Waals surface area (Å²) in [5.74, 6) is 0.275. The van der Waals surface area contributed by atoms with Crippen molar-refractivity contribution < 1.29 is 9.59 Å². The van der Waals surface area contributed by atoms with Crippen molar-refractivity contribution in [3.63, 3.8) is 0 Å². The number of hydrogen-bond donors (Lipinski definition) is 1. The van der Waals surface area contributed by atoms with E-state index in [1.54, 1.807) is 24.3 Å². The minimum atomic E-state index is -0.164. The molecule has 2 amide bonds. The summed E-state index contributed by atoms with van der Waals surface area (Å²) in [6, 6.07) is 24.8. The van der Waals surface area contributed by atoms with E-state index in [2.05, 4.69) is 11.4 Å². The van der Waals surface area contributed by atoms with Crippen molar-refractivity contribution >= 4 is 34.1 Å². The maximum atomic E-state index is 13.2. The Bertz CT molecular complexity index is 1390. The zero-order chi connectivity index (χ0) is 22.4. The van der Waals surface area contributed by atoms with Gasteiger partial charge in [-0.2, -0.15) is 0 Å². The average Bonchev–Trinajstić information content (AvgIpc) is 3.62. The molecule has 0 atom stereocenters. The summed E-state index contributed by atoms with van der Waals surface area (Å²) in [6.45, 7) is 0.690. The van der Waals surface area contributed by atoms with Crippen LogP contribution in [0.25, 0.3) is 10.9 Å². The molecule has 1 saturated carbocycles. The summed E-state index contributed by atoms with van der Waals surface area (Å²) in [4.78, 5) is 32.8. The topological polar surface area (TPSA) is 62.3 Å². The van der Waals surface area contributed by atoms with Crippen molar-refractivity contribution in [1.82, 2.24) is 4.98 Å². The van der Waals surface area contributed by atoms with Crippen LogP contribution in [-0.2, 0) is 6.42 Å². The standard InChI is InChI=1S/C28H23N3O2/c32-27(23-17-25(18-9-10-18)30-24-7-3-2-6-22(23)24)29-21-13-11-20(12-14-21)28(33)31-16-15-19-5-1-4-8-26(19)31/h1-8,11-14,17-18H,9-10,15-16H2,(H,29,32). The molecule has 0 spiro atoms. The van der Waals surface area contributed by atoms with Crippen LogP contribution in [0.15, 0.2) is 78.9 Å². The minimum absolute atomic E-state index is 0.0213. The molecule has 6 rings (SSSR count). The molecular weight excluding hydrogens is 410 g/mol. The van der Waals surface area contributed by atoms with Gasteiger partial charge in [0.15, 0.2) is 0 Å². The maximum Gasteiger partial charge on any atom is 0.258 e. The molecule has 5 heteroatoms. The normalized spacial score (nSPS) is 14.8. The quantitative estimate of drug-likeness (QED) is 0.458. The highest BCUT2D eigenvalue weighted by Crippen LogP contribution is 2.40. The molecule has 4 aromatic rings. The van der Waals surface area contributed by atoms with E-state index in [1.807, 2.05) is 53.4 Å². The van der Waals surface area contributed by atoms with E-state index >= 15 is 0 Å². The lowest BCUT2D eigenvalue weighted by Gasteiger charge is -2.17. The number of nitrogens with zero attached hydrogens (tertiary/aromatic N) is 2. The first-order valence-corrected chi connectivity index (χ1v) is 11.4. The Morgan fingerprint density at radius 2 is 1.67 bits per heavy atom. The van der Waals surface area contributed by atoms with Gasteiger partial charge in [-0.05, 0) is 67.3 Å². The number of carbonyl (C=O) groups is 2. The Morgan fingerprint density at radius 3 is 2.48 bits per heavy atom. The fourth-order valence-corrected chi connectivity index (χ4v) is 4.57. The second kappa shape index (κ2) is 7.85. The monoisotopic (exact) mass is 433 g/mol. The van der Waals surface area contributed by atoms with Crippen molar-refractivity contribution in [2.45, 2.75) is 25.2 Å². The Morgan fingerprint density at radius 1 is 0.909 bits per heavy atom.